The molecule has 0 aliphatic rings. The average Bonchev–Trinajstić information content (AvgIpc) is 3.13. The molecule has 5 nitrogen and oxygen atoms in total. The van der Waals surface area contributed by atoms with Gasteiger partial charge in [-0.3, -0.25) is 9.69 Å². The van der Waals surface area contributed by atoms with Crippen molar-refractivity contribution in [1.82, 2.24) is 9.88 Å². The summed E-state index contributed by atoms with van der Waals surface area (Å²) in [7, 11) is 5.74. The van der Waals surface area contributed by atoms with Gasteiger partial charge in [0.05, 0.1) is 11.8 Å². The minimum atomic E-state index is 0. The first-order chi connectivity index (χ1) is 13.8. The number of fused-ring (bicyclic) bond motifs is 1. The largest absolute Gasteiger partial charge is 0.494 e. The summed E-state index contributed by atoms with van der Waals surface area (Å²) in [4.78, 5) is 22.3. The molecule has 0 radical (unpaired) electrons. The molecule has 0 atom stereocenters. The van der Waals surface area contributed by atoms with Gasteiger partial charge in [-0.25, -0.2) is 4.98 Å². The summed E-state index contributed by atoms with van der Waals surface area (Å²) in [5.74, 6) is 0.737. The Morgan fingerprint density at radius 1 is 1.07 bits per heavy atom. The number of ether oxygens (including phenoxy) is 1. The lowest BCUT2D eigenvalue weighted by atomic mass is 10.0. The molecule has 0 saturated carbocycles. The third-order valence-electron chi connectivity index (χ3n) is 5.00. The van der Waals surface area contributed by atoms with E-state index in [4.69, 9.17) is 9.72 Å². The number of nitrogens with zero attached hydrogens (tertiary/aromatic N) is 3. The number of rotatable bonds is 7. The predicted octanol–water partition coefficient (Wildman–Crippen LogP) is 5.25. The molecule has 2 aromatic carbocycles. The van der Waals surface area contributed by atoms with E-state index in [0.29, 0.717) is 6.54 Å². The molecule has 3 aromatic rings. The van der Waals surface area contributed by atoms with E-state index in [9.17, 15) is 4.79 Å². The Labute approximate surface area is 189 Å². The second-order valence-electron chi connectivity index (χ2n) is 7.69. The third kappa shape index (κ3) is 5.12. The number of hydrogen-bond acceptors (Lipinski definition) is 5. The van der Waals surface area contributed by atoms with Crippen molar-refractivity contribution in [1.29, 1.82) is 0 Å². The number of aromatic nitrogens is 1. The van der Waals surface area contributed by atoms with E-state index in [0.717, 1.165) is 56.3 Å². The van der Waals surface area contributed by atoms with Crippen molar-refractivity contribution >= 4 is 45.0 Å². The Bertz CT molecular complexity index is 1030. The van der Waals surface area contributed by atoms with E-state index < -0.39 is 0 Å². The van der Waals surface area contributed by atoms with Crippen LogP contribution in [0.15, 0.2) is 30.3 Å². The van der Waals surface area contributed by atoms with Crippen LogP contribution >= 0.6 is 23.7 Å². The van der Waals surface area contributed by atoms with Gasteiger partial charge in [0.2, 0.25) is 0 Å². The molecule has 0 aliphatic carbocycles. The normalized spacial score (nSPS) is 10.9. The van der Waals surface area contributed by atoms with Crippen LogP contribution < -0.4 is 9.64 Å². The number of amides is 1. The highest BCUT2D eigenvalue weighted by Gasteiger charge is 2.24. The molecule has 1 amide bonds. The molecule has 0 spiro atoms. The van der Waals surface area contributed by atoms with Crippen LogP contribution in [-0.2, 0) is 0 Å². The molecule has 0 N–H and O–H groups in total. The molecule has 0 unspecified atom stereocenters. The molecule has 0 aliphatic heterocycles. The molecule has 1 heterocycles. The van der Waals surface area contributed by atoms with Gasteiger partial charge in [-0.05, 0) is 71.1 Å². The molecular weight excluding hydrogens is 418 g/mol. The van der Waals surface area contributed by atoms with Crippen molar-refractivity contribution in [3.63, 3.8) is 0 Å². The molecule has 30 heavy (non-hydrogen) atoms. The van der Waals surface area contributed by atoms with Crippen LogP contribution in [0.5, 0.6) is 5.75 Å². The first kappa shape index (κ1) is 24.1. The van der Waals surface area contributed by atoms with Crippen LogP contribution in [0.3, 0.4) is 0 Å². The van der Waals surface area contributed by atoms with Gasteiger partial charge in [0.25, 0.3) is 5.91 Å². The van der Waals surface area contributed by atoms with Gasteiger partial charge >= 0.3 is 0 Å². The van der Waals surface area contributed by atoms with Crippen LogP contribution in [0.25, 0.3) is 10.2 Å². The molecular formula is C23H30ClN3O2S. The Kier molecular flexibility index (Phi) is 8.24. The monoisotopic (exact) mass is 447 g/mol. The van der Waals surface area contributed by atoms with E-state index in [-0.39, 0.29) is 18.3 Å². The highest BCUT2D eigenvalue weighted by molar-refractivity contribution is 7.22. The van der Waals surface area contributed by atoms with Crippen LogP contribution in [0.2, 0.25) is 0 Å². The highest BCUT2D eigenvalue weighted by Crippen LogP contribution is 2.37. The number of benzene rings is 2. The van der Waals surface area contributed by atoms with Gasteiger partial charge in [-0.2, -0.15) is 0 Å². The van der Waals surface area contributed by atoms with Crippen LogP contribution in [0.4, 0.5) is 5.13 Å². The molecule has 0 fully saturated rings. The summed E-state index contributed by atoms with van der Waals surface area (Å²) in [6.45, 7) is 7.58. The van der Waals surface area contributed by atoms with E-state index in [1.165, 1.54) is 0 Å². The maximum atomic E-state index is 13.6. The minimum Gasteiger partial charge on any atom is -0.494 e. The average molecular weight is 448 g/mol. The number of carbonyl (C=O) groups excluding carboxylic acids is 1. The summed E-state index contributed by atoms with van der Waals surface area (Å²) < 4.78 is 6.56. The molecule has 0 bridgehead atoms. The SMILES string of the molecule is COc1ccc(C)c2sc(N(CCCN(C)C)C(=O)c3cc(C)ccc3C)nc12.Cl. The Morgan fingerprint density at radius 2 is 1.77 bits per heavy atom. The standard InChI is InChI=1S/C23H29N3O2S.ClH/c1-15-8-9-16(2)18(14-15)22(27)26(13-7-12-25(4)5)23-24-20-19(28-6)11-10-17(3)21(20)29-23;/h8-11,14H,7,12-13H2,1-6H3;1H. The number of anilines is 1. The van der Waals surface area contributed by atoms with E-state index in [1.54, 1.807) is 18.4 Å². The number of methoxy groups -OCH3 is 1. The molecule has 1 aromatic heterocycles. The summed E-state index contributed by atoms with van der Waals surface area (Å²) >= 11 is 1.55. The van der Waals surface area contributed by atoms with Crippen molar-refractivity contribution in [2.24, 2.45) is 0 Å². The predicted molar refractivity (Wildman–Crippen MR) is 129 cm³/mol. The van der Waals surface area contributed by atoms with Crippen LogP contribution in [0, 0.1) is 20.8 Å². The minimum absolute atomic E-state index is 0. The van der Waals surface area contributed by atoms with E-state index >= 15 is 0 Å². The zero-order valence-corrected chi connectivity index (χ0v) is 20.1. The number of carbonyl (C=O) groups is 1. The molecule has 7 heteroatoms. The summed E-state index contributed by atoms with van der Waals surface area (Å²) in [6.07, 6.45) is 0.871. The first-order valence-corrected chi connectivity index (χ1v) is 10.6. The smallest absolute Gasteiger partial charge is 0.260 e. The lowest BCUT2D eigenvalue weighted by molar-refractivity contribution is 0.0985. The van der Waals surface area contributed by atoms with Crippen molar-refractivity contribution in [3.05, 3.63) is 52.6 Å². The van der Waals surface area contributed by atoms with Crippen molar-refractivity contribution in [2.75, 3.05) is 39.2 Å². The van der Waals surface area contributed by atoms with E-state index in [1.807, 2.05) is 63.2 Å². The van der Waals surface area contributed by atoms with Gasteiger partial charge in [-0.1, -0.05) is 35.1 Å². The topological polar surface area (TPSA) is 45.7 Å². The number of thiazole rings is 1. The zero-order valence-electron chi connectivity index (χ0n) is 18.5. The Morgan fingerprint density at radius 3 is 2.43 bits per heavy atom. The number of aryl methyl sites for hydroxylation is 3. The Balaban J connectivity index is 0.00000320. The molecule has 162 valence electrons. The van der Waals surface area contributed by atoms with Crippen LogP contribution in [0.1, 0.15) is 33.5 Å². The zero-order chi connectivity index (χ0) is 21.1. The first-order valence-electron chi connectivity index (χ1n) is 9.79. The van der Waals surface area contributed by atoms with Crippen molar-refractivity contribution < 1.29 is 9.53 Å². The van der Waals surface area contributed by atoms with Gasteiger partial charge in [0, 0.05) is 12.1 Å². The molecule has 3 rings (SSSR count). The summed E-state index contributed by atoms with van der Waals surface area (Å²) in [5.41, 5.74) is 4.75. The second-order valence-corrected chi connectivity index (χ2v) is 8.67. The van der Waals surface area contributed by atoms with Gasteiger partial charge in [0.15, 0.2) is 5.13 Å². The van der Waals surface area contributed by atoms with Crippen LogP contribution in [-0.4, -0.2) is 50.1 Å². The Hall–Kier alpha value is -2.15. The quantitative estimate of drug-likeness (QED) is 0.496. The number of hydrogen-bond donors (Lipinski definition) is 0. The maximum Gasteiger partial charge on any atom is 0.260 e. The summed E-state index contributed by atoms with van der Waals surface area (Å²) in [5, 5.41) is 0.720. The van der Waals surface area contributed by atoms with Crippen molar-refractivity contribution in [2.45, 2.75) is 27.2 Å². The maximum absolute atomic E-state index is 13.6. The number of halogens is 1. The lowest BCUT2D eigenvalue weighted by Gasteiger charge is -2.22. The molecule has 0 saturated heterocycles. The van der Waals surface area contributed by atoms with Gasteiger partial charge in [-0.15, -0.1) is 12.4 Å². The lowest BCUT2D eigenvalue weighted by Crippen LogP contribution is -2.34. The highest BCUT2D eigenvalue weighted by atomic mass is 35.5. The summed E-state index contributed by atoms with van der Waals surface area (Å²) in [6, 6.07) is 9.98. The fourth-order valence-corrected chi connectivity index (χ4v) is 4.40. The van der Waals surface area contributed by atoms with E-state index in [2.05, 4.69) is 11.8 Å². The van der Waals surface area contributed by atoms with Gasteiger partial charge < -0.3 is 9.64 Å². The third-order valence-corrected chi connectivity index (χ3v) is 6.21. The fraction of sp³-hybridized carbons (Fsp3) is 0.391. The second kappa shape index (κ2) is 10.2. The fourth-order valence-electron chi connectivity index (χ4n) is 3.32. The van der Waals surface area contributed by atoms with Crippen molar-refractivity contribution in [3.8, 4) is 5.75 Å². The van der Waals surface area contributed by atoms with Gasteiger partial charge in [0.1, 0.15) is 11.3 Å².